The standard InChI is InChI=1S/C10H11NOS/c12-5-1-2-8-3-4-9-10(6-8)13-7-11-9/h3-4,6-7,12H,1-2,5H2. The van der Waals surface area contributed by atoms with E-state index in [1.807, 2.05) is 11.6 Å². The number of nitrogens with zero attached hydrogens (tertiary/aromatic N) is 1. The first kappa shape index (κ1) is 8.66. The van der Waals surface area contributed by atoms with Crippen LogP contribution in [0, 0.1) is 0 Å². The molecule has 0 saturated heterocycles. The number of aliphatic hydroxyl groups excluding tert-OH is 1. The average molecular weight is 193 g/mol. The number of aromatic nitrogens is 1. The molecule has 2 rings (SSSR count). The van der Waals surface area contributed by atoms with Gasteiger partial charge in [-0.25, -0.2) is 4.98 Å². The van der Waals surface area contributed by atoms with Crippen molar-refractivity contribution in [2.24, 2.45) is 0 Å². The second-order valence-electron chi connectivity index (χ2n) is 2.98. The number of thiazole rings is 1. The molecule has 13 heavy (non-hydrogen) atoms. The van der Waals surface area contributed by atoms with E-state index in [1.165, 1.54) is 10.3 Å². The molecule has 3 heteroatoms. The largest absolute Gasteiger partial charge is 0.396 e. The van der Waals surface area contributed by atoms with Crippen molar-refractivity contribution in [3.8, 4) is 0 Å². The van der Waals surface area contributed by atoms with Crippen molar-refractivity contribution in [3.05, 3.63) is 29.3 Å². The van der Waals surface area contributed by atoms with Gasteiger partial charge in [0.1, 0.15) is 0 Å². The highest BCUT2D eigenvalue weighted by Gasteiger charge is 1.98. The Morgan fingerprint density at radius 1 is 1.38 bits per heavy atom. The van der Waals surface area contributed by atoms with E-state index in [2.05, 4.69) is 17.1 Å². The minimum Gasteiger partial charge on any atom is -0.396 e. The van der Waals surface area contributed by atoms with Crippen LogP contribution < -0.4 is 0 Å². The summed E-state index contributed by atoms with van der Waals surface area (Å²) in [5, 5.41) is 8.69. The summed E-state index contributed by atoms with van der Waals surface area (Å²) >= 11 is 1.66. The molecule has 2 aromatic rings. The van der Waals surface area contributed by atoms with Crippen molar-refractivity contribution in [3.63, 3.8) is 0 Å². The number of aryl methyl sites for hydroxylation is 1. The first-order valence-electron chi connectivity index (χ1n) is 4.33. The molecule has 1 N–H and O–H groups in total. The third-order valence-corrected chi connectivity index (χ3v) is 2.81. The van der Waals surface area contributed by atoms with Crippen LogP contribution in [0.25, 0.3) is 10.2 Å². The van der Waals surface area contributed by atoms with Gasteiger partial charge in [0, 0.05) is 6.61 Å². The minimum absolute atomic E-state index is 0.265. The van der Waals surface area contributed by atoms with Crippen LogP contribution in [0.5, 0.6) is 0 Å². The summed E-state index contributed by atoms with van der Waals surface area (Å²) in [7, 11) is 0. The van der Waals surface area contributed by atoms with Gasteiger partial charge in [0.05, 0.1) is 15.7 Å². The maximum Gasteiger partial charge on any atom is 0.0812 e. The Hall–Kier alpha value is -0.930. The van der Waals surface area contributed by atoms with Gasteiger partial charge in [-0.3, -0.25) is 0 Å². The molecule has 1 heterocycles. The number of rotatable bonds is 3. The molecule has 68 valence electrons. The van der Waals surface area contributed by atoms with Gasteiger partial charge in [0.2, 0.25) is 0 Å². The molecule has 1 aromatic carbocycles. The first-order valence-corrected chi connectivity index (χ1v) is 5.21. The molecule has 0 radical (unpaired) electrons. The maximum atomic E-state index is 8.69. The first-order chi connectivity index (χ1) is 6.40. The van der Waals surface area contributed by atoms with Gasteiger partial charge in [-0.15, -0.1) is 11.3 Å². The Kier molecular flexibility index (Phi) is 2.57. The van der Waals surface area contributed by atoms with Gasteiger partial charge in [-0.05, 0) is 30.5 Å². The Bertz CT molecular complexity index is 396. The van der Waals surface area contributed by atoms with E-state index in [9.17, 15) is 0 Å². The molecule has 1 aromatic heterocycles. The van der Waals surface area contributed by atoms with Gasteiger partial charge in [-0.1, -0.05) is 6.07 Å². The number of hydrogen-bond acceptors (Lipinski definition) is 3. The van der Waals surface area contributed by atoms with Crippen LogP contribution in [0.4, 0.5) is 0 Å². The topological polar surface area (TPSA) is 33.1 Å². The van der Waals surface area contributed by atoms with Crippen molar-refractivity contribution in [1.29, 1.82) is 0 Å². The summed E-state index contributed by atoms with van der Waals surface area (Å²) in [6, 6.07) is 6.28. The van der Waals surface area contributed by atoms with Crippen molar-refractivity contribution >= 4 is 21.6 Å². The van der Waals surface area contributed by atoms with E-state index < -0.39 is 0 Å². The lowest BCUT2D eigenvalue weighted by atomic mass is 10.1. The average Bonchev–Trinajstić information content (AvgIpc) is 2.61. The van der Waals surface area contributed by atoms with Crippen LogP contribution in [0.15, 0.2) is 23.7 Å². The summed E-state index contributed by atoms with van der Waals surface area (Å²) in [5.74, 6) is 0. The lowest BCUT2D eigenvalue weighted by Crippen LogP contribution is -1.88. The fourth-order valence-electron chi connectivity index (χ4n) is 1.34. The number of aliphatic hydroxyl groups is 1. The zero-order valence-electron chi connectivity index (χ0n) is 7.23. The summed E-state index contributed by atoms with van der Waals surface area (Å²) < 4.78 is 1.23. The minimum atomic E-state index is 0.265. The molecule has 0 unspecified atom stereocenters. The lowest BCUT2D eigenvalue weighted by molar-refractivity contribution is 0.288. The van der Waals surface area contributed by atoms with E-state index in [-0.39, 0.29) is 6.61 Å². The number of hydrogen-bond donors (Lipinski definition) is 1. The monoisotopic (exact) mass is 193 g/mol. The van der Waals surface area contributed by atoms with Crippen LogP contribution in [-0.4, -0.2) is 16.7 Å². The zero-order chi connectivity index (χ0) is 9.10. The van der Waals surface area contributed by atoms with Gasteiger partial charge in [0.25, 0.3) is 0 Å². The number of benzene rings is 1. The predicted octanol–water partition coefficient (Wildman–Crippen LogP) is 2.22. The molecule has 0 amide bonds. The molecule has 0 atom stereocenters. The van der Waals surface area contributed by atoms with E-state index >= 15 is 0 Å². The molecule has 2 nitrogen and oxygen atoms in total. The van der Waals surface area contributed by atoms with Crippen LogP contribution in [0.2, 0.25) is 0 Å². The second kappa shape index (κ2) is 3.85. The summed E-state index contributed by atoms with van der Waals surface area (Å²) in [4.78, 5) is 4.21. The van der Waals surface area contributed by atoms with Gasteiger partial charge in [-0.2, -0.15) is 0 Å². The third kappa shape index (κ3) is 1.87. The molecule has 0 spiro atoms. The maximum absolute atomic E-state index is 8.69. The Balaban J connectivity index is 2.26. The van der Waals surface area contributed by atoms with E-state index in [0.717, 1.165) is 18.4 Å². The summed E-state index contributed by atoms with van der Waals surface area (Å²) in [6.07, 6.45) is 1.79. The van der Waals surface area contributed by atoms with E-state index in [0.29, 0.717) is 0 Å². The van der Waals surface area contributed by atoms with Gasteiger partial charge >= 0.3 is 0 Å². The normalized spacial score (nSPS) is 10.8. The number of fused-ring (bicyclic) bond motifs is 1. The quantitative estimate of drug-likeness (QED) is 0.810. The summed E-state index contributed by atoms with van der Waals surface area (Å²) in [5.41, 5.74) is 4.21. The molecular weight excluding hydrogens is 182 g/mol. The molecule has 0 aliphatic heterocycles. The molecule has 0 saturated carbocycles. The van der Waals surface area contributed by atoms with Crippen LogP contribution in [0.1, 0.15) is 12.0 Å². The fraction of sp³-hybridized carbons (Fsp3) is 0.300. The predicted molar refractivity (Wildman–Crippen MR) is 55.0 cm³/mol. The highest BCUT2D eigenvalue weighted by molar-refractivity contribution is 7.16. The fourth-order valence-corrected chi connectivity index (χ4v) is 2.08. The Morgan fingerprint density at radius 3 is 3.15 bits per heavy atom. The molecule has 0 aliphatic rings. The molecule has 0 bridgehead atoms. The highest BCUT2D eigenvalue weighted by Crippen LogP contribution is 2.19. The van der Waals surface area contributed by atoms with E-state index in [4.69, 9.17) is 5.11 Å². The molecular formula is C10H11NOS. The van der Waals surface area contributed by atoms with Crippen molar-refractivity contribution in [2.45, 2.75) is 12.8 Å². The SMILES string of the molecule is OCCCc1ccc2ncsc2c1. The van der Waals surface area contributed by atoms with E-state index in [1.54, 1.807) is 11.3 Å². The zero-order valence-corrected chi connectivity index (χ0v) is 8.05. The van der Waals surface area contributed by atoms with Gasteiger partial charge < -0.3 is 5.11 Å². The Morgan fingerprint density at radius 2 is 2.31 bits per heavy atom. The second-order valence-corrected chi connectivity index (χ2v) is 3.87. The smallest absolute Gasteiger partial charge is 0.0812 e. The van der Waals surface area contributed by atoms with Crippen molar-refractivity contribution < 1.29 is 5.11 Å². The van der Waals surface area contributed by atoms with Crippen molar-refractivity contribution in [2.75, 3.05) is 6.61 Å². The van der Waals surface area contributed by atoms with Crippen LogP contribution >= 0.6 is 11.3 Å². The third-order valence-electron chi connectivity index (χ3n) is 2.02. The lowest BCUT2D eigenvalue weighted by Gasteiger charge is -1.98. The summed E-state index contributed by atoms with van der Waals surface area (Å²) in [6.45, 7) is 0.265. The van der Waals surface area contributed by atoms with Crippen molar-refractivity contribution in [1.82, 2.24) is 4.98 Å². The molecule has 0 aliphatic carbocycles. The molecule has 0 fully saturated rings. The highest BCUT2D eigenvalue weighted by atomic mass is 32.1. The van der Waals surface area contributed by atoms with Crippen LogP contribution in [0.3, 0.4) is 0 Å². The van der Waals surface area contributed by atoms with Gasteiger partial charge in [0.15, 0.2) is 0 Å². The Labute approximate surface area is 80.9 Å². The van der Waals surface area contributed by atoms with Crippen LogP contribution in [-0.2, 0) is 6.42 Å².